The largest absolute Gasteiger partial charge is 0.504 e. The van der Waals surface area contributed by atoms with E-state index in [1.54, 1.807) is 17.9 Å². The average molecular weight is 837 g/mol. The van der Waals surface area contributed by atoms with Crippen LogP contribution in [0.25, 0.3) is 0 Å². The molecule has 1 aromatic rings. The molecule has 8 aliphatic carbocycles. The van der Waals surface area contributed by atoms with Crippen LogP contribution in [-0.4, -0.2) is 58.1 Å². The summed E-state index contributed by atoms with van der Waals surface area (Å²) in [6.07, 6.45) is 23.4. The Bertz CT molecular complexity index is 2120. The maximum absolute atomic E-state index is 14.0. The molecule has 4 heterocycles. The van der Waals surface area contributed by atoms with E-state index in [4.69, 9.17) is 18.6 Å². The summed E-state index contributed by atoms with van der Waals surface area (Å²) in [6, 6.07) is 2.03. The average Bonchev–Trinajstić information content (AvgIpc) is 3.47. The molecule has 2 N–H and O–H groups in total. The standard InChI is InChI=1S/C27H42O3.C26H30O5/c1-16-7-12-27(29-15-16)17(2)24-23(30-27)14-22-20-6-5-18-13-19(28)8-10-25(18,3)21(20)9-11-26(22,24)4;1-22(2)17(27)7-9-23(3)16-6-10-24(4)15(14-8-11-30-13-14)12-18-26(24,31-18)25(16,5)21(29)19(28)20(22)23/h9,16-20,22-24,28H,5-8,10-15H2,1-4H3;7-9,11,13,15-16,18,28H,6,10,12H2,1-5H3. The van der Waals surface area contributed by atoms with Gasteiger partial charge in [-0.1, -0.05) is 59.3 Å². The van der Waals surface area contributed by atoms with Crippen LogP contribution in [0.15, 0.2) is 58.1 Å². The van der Waals surface area contributed by atoms with E-state index in [0.29, 0.717) is 46.2 Å². The molecule has 18 atom stereocenters. The predicted octanol–water partition coefficient (Wildman–Crippen LogP) is 10.6. The molecule has 3 aliphatic heterocycles. The van der Waals surface area contributed by atoms with Crippen molar-refractivity contribution in [2.24, 2.45) is 73.9 Å². The van der Waals surface area contributed by atoms with Gasteiger partial charge in [0.2, 0.25) is 5.78 Å². The molecule has 1 aromatic heterocycles. The van der Waals surface area contributed by atoms with Crippen molar-refractivity contribution >= 4 is 11.6 Å². The first-order chi connectivity index (χ1) is 28.7. The summed E-state index contributed by atoms with van der Waals surface area (Å²) in [5.74, 6) is 3.37. The van der Waals surface area contributed by atoms with Gasteiger partial charge in [-0.2, -0.15) is 0 Å². The number of rotatable bonds is 1. The Morgan fingerprint density at radius 3 is 2.38 bits per heavy atom. The topological polar surface area (TPSA) is 119 Å². The zero-order chi connectivity index (χ0) is 43.1. The molecule has 18 unspecified atom stereocenters. The van der Waals surface area contributed by atoms with Crippen molar-refractivity contribution in [1.29, 1.82) is 0 Å². The number of epoxide rings is 1. The van der Waals surface area contributed by atoms with Crippen molar-refractivity contribution in [1.82, 2.24) is 0 Å². The van der Waals surface area contributed by atoms with Crippen LogP contribution in [0.1, 0.15) is 151 Å². The third-order valence-electron chi connectivity index (χ3n) is 21.4. The first-order valence-electron chi connectivity index (χ1n) is 24.4. The Balaban J connectivity index is 0.000000138. The number of aliphatic hydroxyl groups is 2. The Morgan fingerprint density at radius 2 is 1.66 bits per heavy atom. The van der Waals surface area contributed by atoms with Crippen LogP contribution in [0.3, 0.4) is 0 Å². The summed E-state index contributed by atoms with van der Waals surface area (Å²) >= 11 is 0. The van der Waals surface area contributed by atoms with E-state index in [1.807, 2.05) is 39.2 Å². The van der Waals surface area contributed by atoms with Crippen LogP contribution in [0.2, 0.25) is 0 Å². The van der Waals surface area contributed by atoms with Crippen molar-refractivity contribution in [3.8, 4) is 0 Å². The molecule has 8 heteroatoms. The van der Waals surface area contributed by atoms with Crippen molar-refractivity contribution in [3.05, 3.63) is 59.3 Å². The predicted molar refractivity (Wildman–Crippen MR) is 231 cm³/mol. The number of ketones is 2. The molecule has 61 heavy (non-hydrogen) atoms. The molecule has 0 radical (unpaired) electrons. The maximum atomic E-state index is 14.0. The van der Waals surface area contributed by atoms with Gasteiger partial charge in [-0.25, -0.2) is 0 Å². The maximum Gasteiger partial charge on any atom is 0.206 e. The van der Waals surface area contributed by atoms with Crippen LogP contribution in [0, 0.1) is 73.9 Å². The van der Waals surface area contributed by atoms with Crippen molar-refractivity contribution in [2.75, 3.05) is 6.61 Å². The number of fused-ring (bicyclic) bond motifs is 10. The molecule has 12 rings (SSSR count). The quantitative estimate of drug-likeness (QED) is 0.212. The van der Waals surface area contributed by atoms with Crippen LogP contribution < -0.4 is 0 Å². The molecule has 0 aromatic carbocycles. The van der Waals surface area contributed by atoms with Gasteiger partial charge >= 0.3 is 0 Å². The SMILES string of the molecule is CC1(C)C(=O)C=CC2(C)C1=C(O)C(=O)C1(C)C2CCC2(C)C(c3ccoc3)CC3OC321.CC1CCC2(OC1)OC1CC3C4CCC5CC(O)CCC5(C)C4=CCC3(C)C1C2C. The number of ether oxygens (including phenoxy) is 3. The zero-order valence-electron chi connectivity index (χ0n) is 38.4. The van der Waals surface area contributed by atoms with Crippen LogP contribution in [0.4, 0.5) is 0 Å². The number of aliphatic hydroxyl groups excluding tert-OH is 2. The Morgan fingerprint density at radius 1 is 0.869 bits per heavy atom. The number of hydrogen-bond donors (Lipinski definition) is 2. The van der Waals surface area contributed by atoms with E-state index in [1.165, 1.54) is 44.1 Å². The summed E-state index contributed by atoms with van der Waals surface area (Å²) < 4.78 is 25.2. The van der Waals surface area contributed by atoms with E-state index in [-0.39, 0.29) is 52.6 Å². The zero-order valence-corrected chi connectivity index (χ0v) is 38.4. The van der Waals surface area contributed by atoms with E-state index in [2.05, 4.69) is 47.6 Å². The highest BCUT2D eigenvalue weighted by Gasteiger charge is 2.87. The first kappa shape index (κ1) is 41.2. The van der Waals surface area contributed by atoms with Crippen LogP contribution in [0.5, 0.6) is 0 Å². The lowest BCUT2D eigenvalue weighted by atomic mass is 9.39. The van der Waals surface area contributed by atoms with Gasteiger partial charge < -0.3 is 28.8 Å². The number of furan rings is 1. The molecule has 0 bridgehead atoms. The van der Waals surface area contributed by atoms with Gasteiger partial charge in [0.05, 0.1) is 48.3 Å². The molecule has 332 valence electrons. The van der Waals surface area contributed by atoms with Gasteiger partial charge in [0.1, 0.15) is 5.60 Å². The molecular weight excluding hydrogens is 765 g/mol. The van der Waals surface area contributed by atoms with Gasteiger partial charge in [-0.15, -0.1) is 0 Å². The van der Waals surface area contributed by atoms with Gasteiger partial charge in [-0.3, -0.25) is 9.59 Å². The highest BCUT2D eigenvalue weighted by atomic mass is 16.7. The molecule has 8 nitrogen and oxygen atoms in total. The highest BCUT2D eigenvalue weighted by molar-refractivity contribution is 6.06. The molecule has 2 spiro atoms. The minimum absolute atomic E-state index is 0.00527. The Kier molecular flexibility index (Phi) is 8.68. The molecule has 8 fully saturated rings. The summed E-state index contributed by atoms with van der Waals surface area (Å²) in [7, 11) is 0. The fourth-order valence-electron chi connectivity index (χ4n) is 18.3. The van der Waals surface area contributed by atoms with E-state index in [9.17, 15) is 19.8 Å². The molecule has 0 amide bonds. The van der Waals surface area contributed by atoms with Crippen molar-refractivity contribution in [3.63, 3.8) is 0 Å². The third-order valence-corrected chi connectivity index (χ3v) is 21.4. The number of carbonyl (C=O) groups is 2. The smallest absolute Gasteiger partial charge is 0.206 e. The second kappa shape index (κ2) is 12.8. The first-order valence-corrected chi connectivity index (χ1v) is 24.4. The second-order valence-electron chi connectivity index (χ2n) is 24.2. The second-order valence-corrected chi connectivity index (χ2v) is 24.2. The van der Waals surface area contributed by atoms with Crippen molar-refractivity contribution < 1.29 is 38.4 Å². The molecule has 11 aliphatic rings. The van der Waals surface area contributed by atoms with Crippen LogP contribution in [-0.2, 0) is 23.8 Å². The van der Waals surface area contributed by atoms with Crippen LogP contribution >= 0.6 is 0 Å². The number of allylic oxidation sites excluding steroid dienone is 6. The minimum atomic E-state index is -0.901. The number of carbonyl (C=O) groups excluding carboxylic acids is 2. The lowest BCUT2D eigenvalue weighted by Gasteiger charge is -2.62. The molecule has 5 saturated carbocycles. The highest BCUT2D eigenvalue weighted by Crippen LogP contribution is 2.81. The Hall–Kier alpha value is -2.52. The summed E-state index contributed by atoms with van der Waals surface area (Å²) in [5.41, 5.74) is 1.06. The summed E-state index contributed by atoms with van der Waals surface area (Å²) in [6.45, 7) is 20.8. The summed E-state index contributed by atoms with van der Waals surface area (Å²) in [5, 5.41) is 21.6. The third kappa shape index (κ3) is 4.93. The monoisotopic (exact) mass is 837 g/mol. The van der Waals surface area contributed by atoms with Gasteiger partial charge in [-0.05, 0) is 167 Å². The lowest BCUT2D eigenvalue weighted by molar-refractivity contribution is -0.272. The van der Waals surface area contributed by atoms with E-state index < -0.39 is 21.8 Å². The summed E-state index contributed by atoms with van der Waals surface area (Å²) in [4.78, 5) is 26.7. The van der Waals surface area contributed by atoms with Gasteiger partial charge in [0.15, 0.2) is 17.3 Å². The number of Topliss-reactive ketones (excluding diaryl/α,β-unsaturated/α-hetero) is 1. The fourth-order valence-corrected chi connectivity index (χ4v) is 18.3. The van der Waals surface area contributed by atoms with Crippen molar-refractivity contribution in [2.45, 2.75) is 175 Å². The minimum Gasteiger partial charge on any atom is -0.504 e. The van der Waals surface area contributed by atoms with Gasteiger partial charge in [0.25, 0.3) is 0 Å². The normalized spacial score (nSPS) is 54.5. The Labute approximate surface area is 363 Å². The van der Waals surface area contributed by atoms with E-state index in [0.717, 1.165) is 57.0 Å². The fraction of sp³-hybridized carbons (Fsp3) is 0.774. The van der Waals surface area contributed by atoms with Gasteiger partial charge in [0, 0.05) is 23.2 Å². The number of hydrogen-bond acceptors (Lipinski definition) is 8. The molecular formula is C53H72O8. The van der Waals surface area contributed by atoms with E-state index >= 15 is 0 Å². The lowest BCUT2D eigenvalue weighted by Crippen LogP contribution is -2.66. The molecule has 3 saturated heterocycles.